The molecule has 0 bridgehead atoms. The highest BCUT2D eigenvalue weighted by atomic mass is 35.5. The van der Waals surface area contributed by atoms with E-state index in [1.807, 2.05) is 0 Å². The molecule has 1 heterocycles. The van der Waals surface area contributed by atoms with Crippen LogP contribution in [0, 0.1) is 0 Å². The van der Waals surface area contributed by atoms with Gasteiger partial charge in [0.05, 0.1) is 24.8 Å². The van der Waals surface area contributed by atoms with E-state index in [-0.39, 0.29) is 15.6 Å². The largest absolute Gasteiger partial charge is 0.320 e. The van der Waals surface area contributed by atoms with E-state index in [0.717, 1.165) is 11.3 Å². The third-order valence-electron chi connectivity index (χ3n) is 2.22. The average Bonchev–Trinajstić information content (AvgIpc) is 2.80. The lowest BCUT2D eigenvalue weighted by Gasteiger charge is -2.11. The first-order chi connectivity index (χ1) is 9.47. The molecule has 2 rings (SSSR count). The summed E-state index contributed by atoms with van der Waals surface area (Å²) in [7, 11) is 0. The van der Waals surface area contributed by atoms with Crippen molar-refractivity contribution in [3.05, 3.63) is 44.6 Å². The number of thiophene rings is 1. The second-order valence-corrected chi connectivity index (χ2v) is 6.68. The van der Waals surface area contributed by atoms with Crippen molar-refractivity contribution in [1.29, 1.82) is 0 Å². The van der Waals surface area contributed by atoms with E-state index in [4.69, 9.17) is 23.2 Å². The first kappa shape index (κ1) is 15.6. The number of carbonyl (C=O) groups excluding carboxylic acids is 1. The highest BCUT2D eigenvalue weighted by Gasteiger charge is 2.16. The zero-order chi connectivity index (χ0) is 14.7. The standard InChI is InChI=1S/C12H7Cl2F2NOS2/c13-6-2-1-3-7(10(6)20-12(15)16)17-11(18)8-4-5-9(14)19-8/h1-5,12H,(H,17,18). The number of nitrogens with one attached hydrogen (secondary N) is 1. The molecule has 1 amide bonds. The molecule has 0 aliphatic heterocycles. The van der Waals surface area contributed by atoms with Gasteiger partial charge in [-0.15, -0.1) is 11.3 Å². The van der Waals surface area contributed by atoms with Crippen LogP contribution in [0.4, 0.5) is 14.5 Å². The Morgan fingerprint density at radius 3 is 2.60 bits per heavy atom. The van der Waals surface area contributed by atoms with Gasteiger partial charge in [-0.3, -0.25) is 4.79 Å². The molecule has 1 aromatic carbocycles. The minimum Gasteiger partial charge on any atom is -0.320 e. The van der Waals surface area contributed by atoms with Gasteiger partial charge in [0.2, 0.25) is 0 Å². The molecule has 0 radical (unpaired) electrons. The molecule has 1 aromatic heterocycles. The Labute approximate surface area is 132 Å². The molecular weight excluding hydrogens is 347 g/mol. The number of halogens is 4. The fourth-order valence-electron chi connectivity index (χ4n) is 1.44. The SMILES string of the molecule is O=C(Nc1cccc(Cl)c1SC(F)F)c1ccc(Cl)s1. The number of thioether (sulfide) groups is 1. The zero-order valence-electron chi connectivity index (χ0n) is 9.70. The molecule has 0 spiro atoms. The Kier molecular flexibility index (Phi) is 5.26. The molecule has 0 saturated carbocycles. The number of hydrogen-bond donors (Lipinski definition) is 1. The lowest BCUT2D eigenvalue weighted by atomic mass is 10.3. The van der Waals surface area contributed by atoms with E-state index in [9.17, 15) is 13.6 Å². The van der Waals surface area contributed by atoms with Gasteiger partial charge in [-0.25, -0.2) is 0 Å². The van der Waals surface area contributed by atoms with Gasteiger partial charge < -0.3 is 5.32 Å². The van der Waals surface area contributed by atoms with Gasteiger partial charge in [-0.2, -0.15) is 8.78 Å². The van der Waals surface area contributed by atoms with E-state index in [1.54, 1.807) is 18.2 Å². The summed E-state index contributed by atoms with van der Waals surface area (Å²) in [6.07, 6.45) is 0. The number of amides is 1. The van der Waals surface area contributed by atoms with Crippen molar-refractivity contribution in [3.63, 3.8) is 0 Å². The Morgan fingerprint density at radius 1 is 1.25 bits per heavy atom. The van der Waals surface area contributed by atoms with Gasteiger partial charge in [0.1, 0.15) is 0 Å². The third kappa shape index (κ3) is 3.85. The van der Waals surface area contributed by atoms with E-state index in [0.29, 0.717) is 21.0 Å². The maximum absolute atomic E-state index is 12.5. The van der Waals surface area contributed by atoms with Crippen molar-refractivity contribution in [3.8, 4) is 0 Å². The number of anilines is 1. The van der Waals surface area contributed by atoms with Crippen LogP contribution >= 0.6 is 46.3 Å². The van der Waals surface area contributed by atoms with Crippen molar-refractivity contribution in [2.24, 2.45) is 0 Å². The summed E-state index contributed by atoms with van der Waals surface area (Å²) in [4.78, 5) is 12.5. The minimum absolute atomic E-state index is 0.139. The predicted octanol–water partition coefficient (Wildman–Crippen LogP) is 5.62. The van der Waals surface area contributed by atoms with Gasteiger partial charge in [0.25, 0.3) is 11.7 Å². The summed E-state index contributed by atoms with van der Waals surface area (Å²) >= 11 is 13.0. The van der Waals surface area contributed by atoms with Gasteiger partial charge in [0.15, 0.2) is 0 Å². The molecule has 0 aliphatic rings. The van der Waals surface area contributed by atoms with E-state index < -0.39 is 11.7 Å². The van der Waals surface area contributed by atoms with Crippen LogP contribution in [0.25, 0.3) is 0 Å². The van der Waals surface area contributed by atoms with Crippen LogP contribution in [0.3, 0.4) is 0 Å². The van der Waals surface area contributed by atoms with Crippen LogP contribution in [-0.4, -0.2) is 11.7 Å². The van der Waals surface area contributed by atoms with Crippen molar-refractivity contribution < 1.29 is 13.6 Å². The highest BCUT2D eigenvalue weighted by Crippen LogP contribution is 2.38. The summed E-state index contributed by atoms with van der Waals surface area (Å²) in [6, 6.07) is 7.74. The van der Waals surface area contributed by atoms with Crippen molar-refractivity contribution in [1.82, 2.24) is 0 Å². The van der Waals surface area contributed by atoms with Crippen LogP contribution in [0.5, 0.6) is 0 Å². The maximum atomic E-state index is 12.5. The zero-order valence-corrected chi connectivity index (χ0v) is 12.8. The number of hydrogen-bond acceptors (Lipinski definition) is 3. The molecule has 0 saturated heterocycles. The molecule has 0 fully saturated rings. The summed E-state index contributed by atoms with van der Waals surface area (Å²) in [5.74, 6) is -3.04. The molecule has 0 aliphatic carbocycles. The van der Waals surface area contributed by atoms with E-state index in [2.05, 4.69) is 5.32 Å². The van der Waals surface area contributed by atoms with Gasteiger partial charge >= 0.3 is 0 Å². The molecule has 106 valence electrons. The average molecular weight is 354 g/mol. The normalized spacial score (nSPS) is 10.8. The van der Waals surface area contributed by atoms with Crippen LogP contribution in [-0.2, 0) is 0 Å². The topological polar surface area (TPSA) is 29.1 Å². The number of rotatable bonds is 4. The Morgan fingerprint density at radius 2 is 2.00 bits per heavy atom. The minimum atomic E-state index is -2.62. The van der Waals surface area contributed by atoms with Crippen molar-refractivity contribution >= 4 is 57.9 Å². The first-order valence-corrected chi connectivity index (χ1v) is 7.72. The molecule has 0 atom stereocenters. The number of benzene rings is 1. The lowest BCUT2D eigenvalue weighted by molar-refractivity contribution is 0.103. The van der Waals surface area contributed by atoms with Crippen LogP contribution in [0.15, 0.2) is 35.2 Å². The monoisotopic (exact) mass is 353 g/mol. The molecule has 2 aromatic rings. The molecule has 1 N–H and O–H groups in total. The second-order valence-electron chi connectivity index (χ2n) is 3.55. The molecule has 20 heavy (non-hydrogen) atoms. The second kappa shape index (κ2) is 6.76. The van der Waals surface area contributed by atoms with Crippen LogP contribution < -0.4 is 5.32 Å². The molecular formula is C12H7Cl2F2NOS2. The quantitative estimate of drug-likeness (QED) is 0.722. The van der Waals surface area contributed by atoms with Gasteiger partial charge in [-0.1, -0.05) is 41.0 Å². The highest BCUT2D eigenvalue weighted by molar-refractivity contribution is 7.99. The summed E-state index contributed by atoms with van der Waals surface area (Å²) in [5.41, 5.74) is 0.248. The maximum Gasteiger partial charge on any atom is 0.289 e. The smallest absolute Gasteiger partial charge is 0.289 e. The summed E-state index contributed by atoms with van der Waals surface area (Å²) in [5, 5.41) is 2.72. The Bertz CT molecular complexity index is 634. The number of alkyl halides is 2. The Balaban J connectivity index is 2.24. The fraction of sp³-hybridized carbons (Fsp3) is 0.0833. The lowest BCUT2D eigenvalue weighted by Crippen LogP contribution is -2.11. The summed E-state index contributed by atoms with van der Waals surface area (Å²) < 4.78 is 25.5. The van der Waals surface area contributed by atoms with Crippen molar-refractivity contribution in [2.45, 2.75) is 10.7 Å². The first-order valence-electron chi connectivity index (χ1n) is 5.27. The van der Waals surface area contributed by atoms with E-state index >= 15 is 0 Å². The molecule has 8 heteroatoms. The molecule has 2 nitrogen and oxygen atoms in total. The van der Waals surface area contributed by atoms with E-state index in [1.165, 1.54) is 12.1 Å². The van der Waals surface area contributed by atoms with Gasteiger partial charge in [0, 0.05) is 0 Å². The van der Waals surface area contributed by atoms with Crippen LogP contribution in [0.1, 0.15) is 9.67 Å². The van der Waals surface area contributed by atoms with Crippen LogP contribution in [0.2, 0.25) is 9.36 Å². The molecule has 0 unspecified atom stereocenters. The third-order valence-corrected chi connectivity index (χ3v) is 4.73. The predicted molar refractivity (Wildman–Crippen MR) is 80.6 cm³/mol. The number of carbonyl (C=O) groups is 1. The summed E-state index contributed by atoms with van der Waals surface area (Å²) in [6.45, 7) is 0. The Hall–Kier alpha value is -0.820. The fourth-order valence-corrected chi connectivity index (χ4v) is 3.29. The van der Waals surface area contributed by atoms with Gasteiger partial charge in [-0.05, 0) is 24.3 Å². The van der Waals surface area contributed by atoms with Crippen molar-refractivity contribution in [2.75, 3.05) is 5.32 Å².